The van der Waals surface area contributed by atoms with Gasteiger partial charge in [-0.05, 0) is 18.3 Å². The van der Waals surface area contributed by atoms with Gasteiger partial charge in [0.25, 0.3) is 0 Å². The Morgan fingerprint density at radius 3 is 2.74 bits per heavy atom. The predicted molar refractivity (Wildman–Crippen MR) is 65.4 cm³/mol. The zero-order valence-electron chi connectivity index (χ0n) is 9.81. The van der Waals surface area contributed by atoms with Gasteiger partial charge >= 0.3 is 0 Å². The van der Waals surface area contributed by atoms with Crippen LogP contribution in [0.5, 0.6) is 0 Å². The number of aliphatic hydroxyl groups is 3. The van der Waals surface area contributed by atoms with E-state index in [1.807, 2.05) is 0 Å². The second-order valence-electron chi connectivity index (χ2n) is 4.34. The average Bonchev–Trinajstić information content (AvgIpc) is 2.64. The van der Waals surface area contributed by atoms with Gasteiger partial charge in [-0.2, -0.15) is 0 Å². The Bertz CT molecular complexity index is 522. The molecular formula is C10H14FN3O4S. The molecular weight excluding hydrogens is 277 g/mol. The number of alkyl halides is 1. The number of anilines is 1. The van der Waals surface area contributed by atoms with Gasteiger partial charge in [-0.25, -0.2) is 9.37 Å². The van der Waals surface area contributed by atoms with Crippen molar-refractivity contribution in [3.63, 3.8) is 0 Å². The first-order chi connectivity index (χ1) is 8.95. The Balaban J connectivity index is 2.39. The highest BCUT2D eigenvalue weighted by molar-refractivity contribution is 7.71. The number of ether oxygens (including phenoxy) is 1. The summed E-state index contributed by atoms with van der Waals surface area (Å²) in [6.45, 7) is -1.91. The molecule has 0 bridgehead atoms. The summed E-state index contributed by atoms with van der Waals surface area (Å²) in [6, 6.07) is 1.42. The van der Waals surface area contributed by atoms with Crippen LogP contribution in [-0.4, -0.2) is 56.0 Å². The molecule has 1 aromatic rings. The van der Waals surface area contributed by atoms with Gasteiger partial charge in [0.2, 0.25) is 4.77 Å². The van der Waals surface area contributed by atoms with E-state index >= 15 is 0 Å². The molecule has 0 amide bonds. The van der Waals surface area contributed by atoms with E-state index in [2.05, 4.69) is 4.98 Å². The predicted octanol–water partition coefficient (Wildman–Crippen LogP) is -0.854. The standard InChI is InChI=1S/C10H14FN3O4S/c11-3-10(4-15)7(17)6(16)8(18-10)14-2-1-5(12)13-9(14)19/h1-2,6-8,15-17H,3-4H2,(H2,12,13,19)/t6-,7?,8+,10+/m0/s1. The van der Waals surface area contributed by atoms with E-state index in [-0.39, 0.29) is 10.6 Å². The first kappa shape index (κ1) is 14.3. The molecule has 2 rings (SSSR count). The van der Waals surface area contributed by atoms with Crippen LogP contribution in [0.1, 0.15) is 6.23 Å². The molecule has 2 heterocycles. The fraction of sp³-hybridized carbons (Fsp3) is 0.600. The number of nitrogens with two attached hydrogens (primary N) is 1. The van der Waals surface area contributed by atoms with Crippen molar-refractivity contribution in [3.05, 3.63) is 17.0 Å². The van der Waals surface area contributed by atoms with E-state index in [9.17, 15) is 19.7 Å². The Hall–Kier alpha value is -1.13. The summed E-state index contributed by atoms with van der Waals surface area (Å²) in [5.41, 5.74) is 3.59. The van der Waals surface area contributed by atoms with Crippen molar-refractivity contribution in [1.29, 1.82) is 0 Å². The first-order valence-corrected chi connectivity index (χ1v) is 5.91. The lowest BCUT2D eigenvalue weighted by Crippen LogP contribution is -2.48. The SMILES string of the molecule is Nc1ccn([C@@H]2O[C@@](CO)(CF)C(O)[C@@H]2O)c(=S)n1. The maximum atomic E-state index is 13.0. The number of hydrogen-bond acceptors (Lipinski definition) is 7. The van der Waals surface area contributed by atoms with Crippen molar-refractivity contribution in [2.75, 3.05) is 19.0 Å². The molecule has 1 aliphatic rings. The van der Waals surface area contributed by atoms with Gasteiger partial charge in [0.1, 0.15) is 24.7 Å². The minimum absolute atomic E-state index is 0.0175. The number of aliphatic hydroxyl groups excluding tert-OH is 3. The van der Waals surface area contributed by atoms with Crippen LogP contribution >= 0.6 is 12.2 Å². The van der Waals surface area contributed by atoms with Gasteiger partial charge < -0.3 is 25.8 Å². The number of aromatic nitrogens is 2. The number of hydrogen-bond donors (Lipinski definition) is 4. The lowest BCUT2D eigenvalue weighted by atomic mass is 9.98. The highest BCUT2D eigenvalue weighted by atomic mass is 32.1. The number of nitrogens with zero attached hydrogens (tertiary/aromatic N) is 2. The van der Waals surface area contributed by atoms with Crippen molar-refractivity contribution in [2.24, 2.45) is 0 Å². The van der Waals surface area contributed by atoms with Crippen LogP contribution in [0.3, 0.4) is 0 Å². The molecule has 4 atom stereocenters. The summed E-state index contributed by atoms with van der Waals surface area (Å²) in [6.07, 6.45) is -2.75. The number of nitrogen functional groups attached to an aromatic ring is 1. The van der Waals surface area contributed by atoms with Crippen molar-refractivity contribution < 1.29 is 24.4 Å². The number of rotatable bonds is 3. The summed E-state index contributed by atoms with van der Waals surface area (Å²) in [7, 11) is 0. The molecule has 0 spiro atoms. The maximum Gasteiger partial charge on any atom is 0.203 e. The van der Waals surface area contributed by atoms with Gasteiger partial charge in [-0.1, -0.05) is 0 Å². The van der Waals surface area contributed by atoms with E-state index in [1.165, 1.54) is 16.8 Å². The summed E-state index contributed by atoms with van der Waals surface area (Å²) in [5, 5.41) is 28.9. The largest absolute Gasteiger partial charge is 0.393 e. The van der Waals surface area contributed by atoms with Crippen LogP contribution in [0.4, 0.5) is 10.2 Å². The van der Waals surface area contributed by atoms with Crippen LogP contribution in [0.2, 0.25) is 0 Å². The van der Waals surface area contributed by atoms with E-state index in [4.69, 9.17) is 22.7 Å². The van der Waals surface area contributed by atoms with Crippen molar-refractivity contribution in [2.45, 2.75) is 24.0 Å². The van der Waals surface area contributed by atoms with Crippen LogP contribution < -0.4 is 5.73 Å². The van der Waals surface area contributed by atoms with E-state index in [1.54, 1.807) is 0 Å². The summed E-state index contributed by atoms with van der Waals surface area (Å²) in [5.74, 6) is 0.188. The lowest BCUT2D eigenvalue weighted by Gasteiger charge is -2.26. The molecule has 1 aliphatic heterocycles. The third kappa shape index (κ3) is 2.23. The van der Waals surface area contributed by atoms with Crippen molar-refractivity contribution in [1.82, 2.24) is 9.55 Å². The van der Waals surface area contributed by atoms with Gasteiger partial charge in [0.15, 0.2) is 11.8 Å². The van der Waals surface area contributed by atoms with E-state index < -0.39 is 37.3 Å². The molecule has 0 radical (unpaired) electrons. The Kier molecular flexibility index (Phi) is 3.83. The quantitative estimate of drug-likeness (QED) is 0.536. The van der Waals surface area contributed by atoms with E-state index in [0.717, 1.165) is 0 Å². The molecule has 19 heavy (non-hydrogen) atoms. The van der Waals surface area contributed by atoms with Gasteiger partial charge in [-0.15, -0.1) is 0 Å². The fourth-order valence-electron chi connectivity index (χ4n) is 1.97. The molecule has 0 aromatic carbocycles. The van der Waals surface area contributed by atoms with Crippen LogP contribution in [0.15, 0.2) is 12.3 Å². The smallest absolute Gasteiger partial charge is 0.203 e. The molecule has 0 saturated carbocycles. The maximum absolute atomic E-state index is 13.0. The van der Waals surface area contributed by atoms with Gasteiger partial charge in [0.05, 0.1) is 6.61 Å². The molecule has 0 aliphatic carbocycles. The lowest BCUT2D eigenvalue weighted by molar-refractivity contribution is -0.138. The second-order valence-corrected chi connectivity index (χ2v) is 4.71. The third-order valence-corrected chi connectivity index (χ3v) is 3.43. The minimum atomic E-state index is -1.86. The molecule has 1 saturated heterocycles. The highest BCUT2D eigenvalue weighted by Crippen LogP contribution is 2.37. The molecule has 7 nitrogen and oxygen atoms in total. The van der Waals surface area contributed by atoms with E-state index in [0.29, 0.717) is 0 Å². The molecule has 9 heteroatoms. The van der Waals surface area contributed by atoms with Crippen LogP contribution in [0.25, 0.3) is 0 Å². The zero-order chi connectivity index (χ0) is 14.2. The van der Waals surface area contributed by atoms with Crippen LogP contribution in [-0.2, 0) is 4.74 Å². The summed E-state index contributed by atoms with van der Waals surface area (Å²) >= 11 is 4.96. The molecule has 1 aromatic heterocycles. The molecule has 1 fully saturated rings. The molecule has 106 valence electrons. The Morgan fingerprint density at radius 1 is 1.58 bits per heavy atom. The van der Waals surface area contributed by atoms with Crippen molar-refractivity contribution in [3.8, 4) is 0 Å². The zero-order valence-corrected chi connectivity index (χ0v) is 10.6. The number of halogens is 1. The third-order valence-electron chi connectivity index (χ3n) is 3.13. The molecule has 1 unspecified atom stereocenters. The van der Waals surface area contributed by atoms with Gasteiger partial charge in [-0.3, -0.25) is 4.57 Å². The average molecular weight is 291 g/mol. The normalized spacial score (nSPS) is 34.6. The Labute approximate surface area is 113 Å². The molecule has 5 N–H and O–H groups in total. The van der Waals surface area contributed by atoms with Crippen molar-refractivity contribution >= 4 is 18.0 Å². The summed E-state index contributed by atoms with van der Waals surface area (Å²) < 4.78 is 19.5. The highest BCUT2D eigenvalue weighted by Gasteiger charge is 2.55. The minimum Gasteiger partial charge on any atom is -0.393 e. The topological polar surface area (TPSA) is 114 Å². The first-order valence-electron chi connectivity index (χ1n) is 5.50. The van der Waals surface area contributed by atoms with Crippen LogP contribution in [0, 0.1) is 4.77 Å². The fourth-order valence-corrected chi connectivity index (χ4v) is 2.24. The van der Waals surface area contributed by atoms with Gasteiger partial charge in [0, 0.05) is 6.20 Å². The monoisotopic (exact) mass is 291 g/mol. The Morgan fingerprint density at radius 2 is 2.26 bits per heavy atom. The summed E-state index contributed by atoms with van der Waals surface area (Å²) in [4.78, 5) is 3.80. The second kappa shape index (κ2) is 5.10.